The van der Waals surface area contributed by atoms with Gasteiger partial charge in [-0.1, -0.05) is 158 Å². The van der Waals surface area contributed by atoms with Gasteiger partial charge in [0.1, 0.15) is 11.2 Å². The second-order valence-corrected chi connectivity index (χ2v) is 16.7. The Hall–Kier alpha value is -8.67. The Balaban J connectivity index is 1.16. The van der Waals surface area contributed by atoms with Crippen LogP contribution in [0.5, 0.6) is 0 Å². The van der Waals surface area contributed by atoms with Gasteiger partial charge in [0.05, 0.1) is 22.3 Å². The van der Waals surface area contributed by atoms with Crippen LogP contribution in [0.2, 0.25) is 0 Å². The molecule has 0 unspecified atom stereocenters. The van der Waals surface area contributed by atoms with Crippen molar-refractivity contribution in [2.75, 3.05) is 0 Å². The van der Waals surface area contributed by atoms with Crippen LogP contribution in [0.15, 0.2) is 211 Å². The highest BCUT2D eigenvalue weighted by Crippen LogP contribution is 2.45. The van der Waals surface area contributed by atoms with E-state index in [9.17, 15) is 0 Å². The van der Waals surface area contributed by atoms with Gasteiger partial charge < -0.3 is 8.98 Å². The Morgan fingerprint density at radius 3 is 1.72 bits per heavy atom. The molecule has 296 valence electrons. The van der Waals surface area contributed by atoms with E-state index in [4.69, 9.17) is 19.4 Å². The molecule has 14 aromatic rings. The summed E-state index contributed by atoms with van der Waals surface area (Å²) in [7, 11) is 0. The average Bonchev–Trinajstić information content (AvgIpc) is 3.88. The molecule has 0 saturated carbocycles. The monoisotopic (exact) mass is 814 g/mol. The molecule has 0 fully saturated rings. The first-order valence-electron chi connectivity index (χ1n) is 21.7. The molecule has 0 spiro atoms. The fourth-order valence-corrected chi connectivity index (χ4v) is 10.2. The second kappa shape index (κ2) is 13.4. The van der Waals surface area contributed by atoms with Crippen LogP contribution in [-0.4, -0.2) is 19.5 Å². The molecule has 0 aliphatic rings. The van der Waals surface area contributed by atoms with Crippen molar-refractivity contribution in [2.24, 2.45) is 0 Å². The van der Waals surface area contributed by atoms with Crippen molar-refractivity contribution in [1.82, 2.24) is 19.5 Å². The van der Waals surface area contributed by atoms with E-state index < -0.39 is 0 Å². The minimum absolute atomic E-state index is 0.530. The number of rotatable bonds is 4. The van der Waals surface area contributed by atoms with E-state index in [2.05, 4.69) is 193 Å². The molecule has 3 heterocycles. The molecule has 0 aliphatic heterocycles. The van der Waals surface area contributed by atoms with Crippen molar-refractivity contribution in [2.45, 2.75) is 0 Å². The summed E-state index contributed by atoms with van der Waals surface area (Å²) in [6.45, 7) is 0. The quantitative estimate of drug-likeness (QED) is 0.166. The minimum Gasteiger partial charge on any atom is -0.455 e. The van der Waals surface area contributed by atoms with E-state index in [0.29, 0.717) is 17.5 Å². The number of hydrogen-bond acceptors (Lipinski definition) is 4. The van der Waals surface area contributed by atoms with Crippen LogP contribution in [0.25, 0.3) is 137 Å². The fraction of sp³-hybridized carbons (Fsp3) is 0. The summed E-state index contributed by atoms with van der Waals surface area (Å²) < 4.78 is 9.56. The molecule has 0 saturated heterocycles. The molecule has 14 rings (SSSR count). The van der Waals surface area contributed by atoms with Crippen molar-refractivity contribution in [3.63, 3.8) is 0 Å². The summed E-state index contributed by atoms with van der Waals surface area (Å²) in [5.74, 6) is 1.71. The fourth-order valence-electron chi connectivity index (χ4n) is 10.2. The van der Waals surface area contributed by atoms with Crippen LogP contribution in [0.4, 0.5) is 0 Å². The lowest BCUT2D eigenvalue weighted by Crippen LogP contribution is -2.04. The standard InChI is InChI=1S/C59H34N4O/c1-2-15-36(16-3-1)57-60-58(48-32-41-21-9-10-22-42(41)44-24-12-13-25-45(44)48)62-59(61-57)55-51(29-27-46-47-30-37-17-5-7-20-40(37)34-53(47)64-56(46)55)63-50-28-26-35-14-8-11-23-43(35)54(50)49-31-38-18-4-6-19-39(38)33-52(49)63/h1-34H. The maximum absolute atomic E-state index is 7.15. The van der Waals surface area contributed by atoms with E-state index in [1.165, 1.54) is 37.7 Å². The maximum Gasteiger partial charge on any atom is 0.170 e. The molecule has 0 radical (unpaired) electrons. The van der Waals surface area contributed by atoms with Crippen LogP contribution < -0.4 is 0 Å². The zero-order valence-corrected chi connectivity index (χ0v) is 34.3. The predicted molar refractivity (Wildman–Crippen MR) is 265 cm³/mol. The third kappa shape index (κ3) is 5.15. The normalized spacial score (nSPS) is 12.1. The van der Waals surface area contributed by atoms with Crippen molar-refractivity contribution in [3.8, 4) is 39.9 Å². The highest BCUT2D eigenvalue weighted by Gasteiger charge is 2.26. The number of hydrogen-bond donors (Lipinski definition) is 0. The minimum atomic E-state index is 0.530. The molecule has 0 amide bonds. The zero-order chi connectivity index (χ0) is 41.9. The highest BCUT2D eigenvalue weighted by molar-refractivity contribution is 6.24. The summed E-state index contributed by atoms with van der Waals surface area (Å²) in [5.41, 5.74) is 7.26. The molecular weight excluding hydrogens is 781 g/mol. The SMILES string of the molecule is c1ccc(-c2nc(-c3cc4ccccc4c4ccccc34)nc(-c3c(-n4c5cc6ccccc6cc5c5c6ccccc6ccc54)ccc4c3oc3cc5ccccc5cc34)n2)cc1. The summed E-state index contributed by atoms with van der Waals surface area (Å²) in [5, 5.41) is 16.0. The van der Waals surface area contributed by atoms with Crippen LogP contribution in [-0.2, 0) is 0 Å². The summed E-state index contributed by atoms with van der Waals surface area (Å²) >= 11 is 0. The van der Waals surface area contributed by atoms with Gasteiger partial charge in [0.2, 0.25) is 0 Å². The Bertz CT molecular complexity index is 4260. The van der Waals surface area contributed by atoms with Crippen molar-refractivity contribution in [3.05, 3.63) is 206 Å². The van der Waals surface area contributed by atoms with E-state index in [-0.39, 0.29) is 0 Å². The van der Waals surface area contributed by atoms with Crippen LogP contribution in [0, 0.1) is 0 Å². The molecule has 3 aromatic heterocycles. The second-order valence-electron chi connectivity index (χ2n) is 16.7. The number of nitrogens with zero attached hydrogens (tertiary/aromatic N) is 4. The van der Waals surface area contributed by atoms with Crippen LogP contribution in [0.3, 0.4) is 0 Å². The third-order valence-electron chi connectivity index (χ3n) is 13.1. The third-order valence-corrected chi connectivity index (χ3v) is 13.1. The number of furan rings is 1. The number of aromatic nitrogens is 4. The molecular formula is C59H34N4O. The Kier molecular flexibility index (Phi) is 7.33. The number of fused-ring (bicyclic) bond motifs is 13. The van der Waals surface area contributed by atoms with Crippen LogP contribution >= 0.6 is 0 Å². The Morgan fingerprint density at radius 1 is 0.344 bits per heavy atom. The van der Waals surface area contributed by atoms with E-state index >= 15 is 0 Å². The molecule has 64 heavy (non-hydrogen) atoms. The van der Waals surface area contributed by atoms with E-state index in [0.717, 1.165) is 82.3 Å². The Labute approximate surface area is 366 Å². The van der Waals surface area contributed by atoms with Crippen LogP contribution in [0.1, 0.15) is 0 Å². The molecule has 0 N–H and O–H groups in total. The molecule has 5 heteroatoms. The first-order chi connectivity index (χ1) is 31.7. The summed E-state index contributed by atoms with van der Waals surface area (Å²) in [6, 6.07) is 73.3. The van der Waals surface area contributed by atoms with Crippen molar-refractivity contribution in [1.29, 1.82) is 0 Å². The molecule has 0 aliphatic carbocycles. The molecule has 0 atom stereocenters. The average molecular weight is 815 g/mol. The Morgan fingerprint density at radius 2 is 0.938 bits per heavy atom. The van der Waals surface area contributed by atoms with Gasteiger partial charge in [-0.25, -0.2) is 15.0 Å². The van der Waals surface area contributed by atoms with Gasteiger partial charge in [-0.2, -0.15) is 0 Å². The molecule has 5 nitrogen and oxygen atoms in total. The smallest absolute Gasteiger partial charge is 0.170 e. The lowest BCUT2D eigenvalue weighted by molar-refractivity contribution is 0.669. The van der Waals surface area contributed by atoms with Gasteiger partial charge in [-0.15, -0.1) is 0 Å². The van der Waals surface area contributed by atoms with Gasteiger partial charge >= 0.3 is 0 Å². The van der Waals surface area contributed by atoms with E-state index in [1.54, 1.807) is 0 Å². The molecule has 11 aromatic carbocycles. The lowest BCUT2D eigenvalue weighted by atomic mass is 9.96. The highest BCUT2D eigenvalue weighted by atomic mass is 16.3. The largest absolute Gasteiger partial charge is 0.455 e. The van der Waals surface area contributed by atoms with Gasteiger partial charge in [0, 0.05) is 32.7 Å². The topological polar surface area (TPSA) is 56.7 Å². The molecule has 0 bridgehead atoms. The number of benzene rings is 11. The van der Waals surface area contributed by atoms with Gasteiger partial charge in [0.15, 0.2) is 17.5 Å². The summed E-state index contributed by atoms with van der Waals surface area (Å²) in [4.78, 5) is 16.3. The van der Waals surface area contributed by atoms with Gasteiger partial charge in [0.25, 0.3) is 0 Å². The first-order valence-corrected chi connectivity index (χ1v) is 21.7. The van der Waals surface area contributed by atoms with Crippen molar-refractivity contribution >= 4 is 97.6 Å². The zero-order valence-electron chi connectivity index (χ0n) is 34.3. The maximum atomic E-state index is 7.15. The van der Waals surface area contributed by atoms with Crippen molar-refractivity contribution < 1.29 is 4.42 Å². The van der Waals surface area contributed by atoms with E-state index in [1.807, 2.05) is 18.2 Å². The first kappa shape index (κ1) is 35.0. The predicted octanol–water partition coefficient (Wildman–Crippen LogP) is 15.6. The van der Waals surface area contributed by atoms with Gasteiger partial charge in [-0.3, -0.25) is 0 Å². The van der Waals surface area contributed by atoms with Gasteiger partial charge in [-0.05, 0) is 102 Å². The lowest BCUT2D eigenvalue weighted by Gasteiger charge is -2.16. The summed E-state index contributed by atoms with van der Waals surface area (Å²) in [6.07, 6.45) is 0.